The number of furan rings is 1. The van der Waals surface area contributed by atoms with Gasteiger partial charge in [-0.15, -0.1) is 5.10 Å². The molecule has 11 heteroatoms. The van der Waals surface area contributed by atoms with Crippen LogP contribution in [0.1, 0.15) is 22.7 Å². The van der Waals surface area contributed by atoms with Gasteiger partial charge in [0.2, 0.25) is 0 Å². The fourth-order valence-corrected chi connectivity index (χ4v) is 4.16. The molecule has 0 aliphatic rings. The second-order valence-electron chi connectivity index (χ2n) is 8.52. The standard InChI is InChI=1S/C26H25FN6O4/c1-35-23-11-18-10-19(26(34)28-22(18)12-24(23)36-2)14-32(13-17-5-7-20(27)8-6-17)16-25-29-30-31-33(25)15-21-4-3-9-37-21/h3-12H,13-16H2,1-2H3,(H,28,34). The predicted octanol–water partition coefficient (Wildman–Crippen LogP) is 3.51. The summed E-state index contributed by atoms with van der Waals surface area (Å²) in [6, 6.07) is 15.3. The molecule has 0 aliphatic heterocycles. The number of hydrogen-bond acceptors (Lipinski definition) is 8. The van der Waals surface area contributed by atoms with Crippen LogP contribution in [-0.2, 0) is 26.2 Å². The Balaban J connectivity index is 1.46. The van der Waals surface area contributed by atoms with E-state index in [4.69, 9.17) is 13.9 Å². The topological polar surface area (TPSA) is 111 Å². The number of halogens is 1. The second kappa shape index (κ2) is 10.6. The van der Waals surface area contributed by atoms with Gasteiger partial charge in [0, 0.05) is 30.1 Å². The minimum atomic E-state index is -0.312. The van der Waals surface area contributed by atoms with Gasteiger partial charge in [0.1, 0.15) is 18.1 Å². The lowest BCUT2D eigenvalue weighted by atomic mass is 10.1. The van der Waals surface area contributed by atoms with Crippen LogP contribution >= 0.6 is 0 Å². The number of nitrogens with one attached hydrogen (secondary N) is 1. The molecular formula is C26H25FN6O4. The lowest BCUT2D eigenvalue weighted by Crippen LogP contribution is -2.28. The molecule has 2 aromatic carbocycles. The summed E-state index contributed by atoms with van der Waals surface area (Å²) in [5.74, 6) is 2.09. The van der Waals surface area contributed by atoms with Crippen LogP contribution in [0.3, 0.4) is 0 Å². The number of methoxy groups -OCH3 is 2. The summed E-state index contributed by atoms with van der Waals surface area (Å²) < 4.78 is 31.4. The van der Waals surface area contributed by atoms with Gasteiger partial charge in [0.15, 0.2) is 17.3 Å². The fourth-order valence-electron chi connectivity index (χ4n) is 4.16. The molecule has 0 saturated carbocycles. The molecule has 3 heterocycles. The van der Waals surface area contributed by atoms with E-state index >= 15 is 0 Å². The molecule has 0 aliphatic carbocycles. The molecule has 0 unspecified atom stereocenters. The number of aromatic amines is 1. The number of H-pyrrole nitrogens is 1. The number of benzene rings is 2. The summed E-state index contributed by atoms with van der Waals surface area (Å²) >= 11 is 0. The third-order valence-corrected chi connectivity index (χ3v) is 6.00. The minimum Gasteiger partial charge on any atom is -0.493 e. The number of rotatable bonds is 10. The average Bonchev–Trinajstić information content (AvgIpc) is 3.57. The zero-order chi connectivity index (χ0) is 25.8. The number of hydrogen-bond donors (Lipinski definition) is 1. The highest BCUT2D eigenvalue weighted by atomic mass is 19.1. The summed E-state index contributed by atoms with van der Waals surface area (Å²) in [5, 5.41) is 12.9. The van der Waals surface area contributed by atoms with Crippen LogP contribution in [0.15, 0.2) is 70.1 Å². The van der Waals surface area contributed by atoms with E-state index in [0.29, 0.717) is 60.3 Å². The molecule has 37 heavy (non-hydrogen) atoms. The molecule has 0 atom stereocenters. The van der Waals surface area contributed by atoms with E-state index in [1.165, 1.54) is 12.1 Å². The van der Waals surface area contributed by atoms with Gasteiger partial charge in [-0.3, -0.25) is 9.69 Å². The van der Waals surface area contributed by atoms with Crippen LogP contribution < -0.4 is 15.0 Å². The summed E-state index contributed by atoms with van der Waals surface area (Å²) in [7, 11) is 3.11. The molecule has 0 amide bonds. The molecular weight excluding hydrogens is 479 g/mol. The smallest absolute Gasteiger partial charge is 0.252 e. The number of fused-ring (bicyclic) bond motifs is 1. The zero-order valence-corrected chi connectivity index (χ0v) is 20.3. The number of ether oxygens (including phenoxy) is 2. The number of aromatic nitrogens is 5. The maximum absolute atomic E-state index is 13.5. The van der Waals surface area contributed by atoms with Crippen molar-refractivity contribution in [3.05, 3.63) is 99.7 Å². The molecule has 3 aromatic heterocycles. The van der Waals surface area contributed by atoms with Crippen molar-refractivity contribution in [3.8, 4) is 11.5 Å². The van der Waals surface area contributed by atoms with Gasteiger partial charge in [-0.1, -0.05) is 12.1 Å². The summed E-state index contributed by atoms with van der Waals surface area (Å²) in [5.41, 5.74) is 1.85. The first-order valence-corrected chi connectivity index (χ1v) is 11.5. The predicted molar refractivity (Wildman–Crippen MR) is 133 cm³/mol. The Morgan fingerprint density at radius 1 is 1.03 bits per heavy atom. The Kier molecular flexibility index (Phi) is 6.95. The first kappa shape index (κ1) is 24.2. The molecule has 10 nitrogen and oxygen atoms in total. The van der Waals surface area contributed by atoms with Crippen LogP contribution in [0.25, 0.3) is 10.9 Å². The van der Waals surface area contributed by atoms with Crippen molar-refractivity contribution in [1.29, 1.82) is 0 Å². The highest BCUT2D eigenvalue weighted by Gasteiger charge is 2.17. The van der Waals surface area contributed by atoms with Crippen LogP contribution in [-0.4, -0.2) is 44.3 Å². The van der Waals surface area contributed by atoms with Gasteiger partial charge in [0.25, 0.3) is 5.56 Å². The van der Waals surface area contributed by atoms with Crippen molar-refractivity contribution in [2.75, 3.05) is 14.2 Å². The monoisotopic (exact) mass is 504 g/mol. The molecule has 190 valence electrons. The molecule has 0 fully saturated rings. The van der Waals surface area contributed by atoms with Crippen LogP contribution in [0.5, 0.6) is 11.5 Å². The molecule has 0 radical (unpaired) electrons. The number of tetrazole rings is 1. The SMILES string of the molecule is COc1cc2cc(CN(Cc3ccc(F)cc3)Cc3nnnn3Cc3ccco3)c(=O)[nH]c2cc1OC. The van der Waals surface area contributed by atoms with Gasteiger partial charge in [-0.2, -0.15) is 0 Å². The van der Waals surface area contributed by atoms with Gasteiger partial charge < -0.3 is 18.9 Å². The lowest BCUT2D eigenvalue weighted by Gasteiger charge is -2.22. The number of nitrogens with zero attached hydrogens (tertiary/aromatic N) is 5. The van der Waals surface area contributed by atoms with E-state index in [1.54, 1.807) is 49.4 Å². The van der Waals surface area contributed by atoms with Gasteiger partial charge in [-0.05, 0) is 52.4 Å². The highest BCUT2D eigenvalue weighted by Crippen LogP contribution is 2.31. The zero-order valence-electron chi connectivity index (χ0n) is 20.3. The minimum absolute atomic E-state index is 0.223. The van der Waals surface area contributed by atoms with Crippen LogP contribution in [0.2, 0.25) is 0 Å². The van der Waals surface area contributed by atoms with E-state index in [2.05, 4.69) is 20.5 Å². The first-order valence-electron chi connectivity index (χ1n) is 11.5. The van der Waals surface area contributed by atoms with E-state index in [9.17, 15) is 9.18 Å². The van der Waals surface area contributed by atoms with Crippen molar-refractivity contribution in [2.24, 2.45) is 0 Å². The average molecular weight is 505 g/mol. The van der Waals surface area contributed by atoms with Crippen molar-refractivity contribution >= 4 is 10.9 Å². The van der Waals surface area contributed by atoms with E-state index in [1.807, 2.05) is 23.1 Å². The first-order chi connectivity index (χ1) is 18.0. The van der Waals surface area contributed by atoms with Gasteiger partial charge in [-0.25, -0.2) is 9.07 Å². The normalized spacial score (nSPS) is 11.4. The summed E-state index contributed by atoms with van der Waals surface area (Å²) in [6.07, 6.45) is 1.59. The Labute approximate surface area is 211 Å². The Bertz CT molecular complexity index is 1550. The van der Waals surface area contributed by atoms with Crippen LogP contribution in [0, 0.1) is 5.82 Å². The molecule has 5 aromatic rings. The van der Waals surface area contributed by atoms with Crippen molar-refractivity contribution in [2.45, 2.75) is 26.2 Å². The molecule has 0 bridgehead atoms. The molecule has 0 spiro atoms. The van der Waals surface area contributed by atoms with Crippen molar-refractivity contribution < 1.29 is 18.3 Å². The summed E-state index contributed by atoms with van der Waals surface area (Å²) in [4.78, 5) is 18.0. The molecule has 5 rings (SSSR count). The van der Waals surface area contributed by atoms with Crippen molar-refractivity contribution in [3.63, 3.8) is 0 Å². The second-order valence-corrected chi connectivity index (χ2v) is 8.52. The van der Waals surface area contributed by atoms with Gasteiger partial charge in [0.05, 0.1) is 32.5 Å². The molecule has 0 saturated heterocycles. The van der Waals surface area contributed by atoms with Gasteiger partial charge >= 0.3 is 0 Å². The third-order valence-electron chi connectivity index (χ3n) is 6.00. The Morgan fingerprint density at radius 2 is 1.81 bits per heavy atom. The quantitative estimate of drug-likeness (QED) is 0.308. The Hall–Kier alpha value is -4.51. The number of pyridine rings is 1. The molecule has 1 N–H and O–H groups in total. The van der Waals surface area contributed by atoms with E-state index < -0.39 is 0 Å². The largest absolute Gasteiger partial charge is 0.493 e. The van der Waals surface area contributed by atoms with E-state index in [0.717, 1.165) is 10.9 Å². The van der Waals surface area contributed by atoms with Crippen LogP contribution in [0.4, 0.5) is 4.39 Å². The van der Waals surface area contributed by atoms with E-state index in [-0.39, 0.29) is 11.4 Å². The fraction of sp³-hybridized carbons (Fsp3) is 0.231. The summed E-state index contributed by atoms with van der Waals surface area (Å²) in [6.45, 7) is 1.45. The highest BCUT2D eigenvalue weighted by molar-refractivity contribution is 5.83. The Morgan fingerprint density at radius 3 is 2.54 bits per heavy atom. The lowest BCUT2D eigenvalue weighted by molar-refractivity contribution is 0.235. The third kappa shape index (κ3) is 5.51. The van der Waals surface area contributed by atoms with Crippen molar-refractivity contribution in [1.82, 2.24) is 30.1 Å². The maximum atomic E-state index is 13.5. The maximum Gasteiger partial charge on any atom is 0.252 e.